The summed E-state index contributed by atoms with van der Waals surface area (Å²) in [7, 11) is -5.77. The van der Waals surface area contributed by atoms with Crippen molar-refractivity contribution in [2.75, 3.05) is 0 Å². The third-order valence-electron chi connectivity index (χ3n) is 10.5. The van der Waals surface area contributed by atoms with Gasteiger partial charge in [0, 0.05) is 5.41 Å². The number of hydrogen-bond donors (Lipinski definition) is 2. The number of rotatable bonds is 5. The van der Waals surface area contributed by atoms with Gasteiger partial charge in [0.15, 0.2) is 0 Å². The zero-order chi connectivity index (χ0) is 29.3. The Bertz CT molecular complexity index is 1400. The van der Waals surface area contributed by atoms with Crippen LogP contribution < -0.4 is 9.56 Å². The van der Waals surface area contributed by atoms with Crippen molar-refractivity contribution in [3.05, 3.63) is 59.2 Å². The topological polar surface area (TPSA) is 116 Å². The molecule has 2 aromatic rings. The molecule has 3 N–H and O–H groups in total. The summed E-state index contributed by atoms with van der Waals surface area (Å²) in [6.07, 6.45) is 3.14. The molecule has 3 unspecified atom stereocenters. The number of esters is 1. The number of sulfonamides is 1. The van der Waals surface area contributed by atoms with E-state index in [1.807, 2.05) is 0 Å². The fourth-order valence-corrected chi connectivity index (χ4v) is 8.75. The molecule has 2 saturated carbocycles. The van der Waals surface area contributed by atoms with Gasteiger partial charge in [-0.1, -0.05) is 33.8 Å². The fourth-order valence-electron chi connectivity index (χ4n) is 7.22. The van der Waals surface area contributed by atoms with Crippen molar-refractivity contribution in [1.82, 2.24) is 0 Å². The number of primary sulfonamides is 1. The van der Waals surface area contributed by atoms with Gasteiger partial charge in [-0.05, 0) is 116 Å². The highest BCUT2D eigenvalue weighted by Crippen LogP contribution is 2.61. The first-order valence-electron chi connectivity index (χ1n) is 14.3. The molecule has 0 aromatic heterocycles. The Morgan fingerprint density at radius 3 is 2.40 bits per heavy atom. The summed E-state index contributed by atoms with van der Waals surface area (Å²) in [6, 6.07) is 12.1. The van der Waals surface area contributed by atoms with Crippen LogP contribution in [0.3, 0.4) is 0 Å². The van der Waals surface area contributed by atoms with E-state index < -0.39 is 36.5 Å². The van der Waals surface area contributed by atoms with Crippen LogP contribution in [0.25, 0.3) is 0 Å². The average molecular weight is 586 g/mol. The molecule has 5 rings (SSSR count). The van der Waals surface area contributed by atoms with Crippen LogP contribution in [0.5, 0.6) is 5.75 Å². The predicted molar refractivity (Wildman–Crippen MR) is 157 cm³/mol. The number of aliphatic hydroxyl groups is 1. The van der Waals surface area contributed by atoms with Gasteiger partial charge in [-0.25, -0.2) is 18.4 Å². The number of aryl methyl sites for hydroxylation is 1. The number of aliphatic hydroxyl groups excluding tert-OH is 1. The minimum atomic E-state index is -3.85. The lowest BCUT2D eigenvalue weighted by Gasteiger charge is -2.50. The van der Waals surface area contributed by atoms with Crippen molar-refractivity contribution in [1.29, 1.82) is 0 Å². The van der Waals surface area contributed by atoms with E-state index in [0.29, 0.717) is 18.3 Å². The van der Waals surface area contributed by atoms with Crippen LogP contribution in [0.4, 0.5) is 0 Å². The van der Waals surface area contributed by atoms with E-state index in [0.717, 1.165) is 31.4 Å². The van der Waals surface area contributed by atoms with Crippen molar-refractivity contribution in [2.45, 2.75) is 101 Å². The first kappa shape index (κ1) is 29.3. The maximum absolute atomic E-state index is 13.0. The van der Waals surface area contributed by atoms with Gasteiger partial charge in [-0.3, -0.25) is 0 Å². The minimum absolute atomic E-state index is 0.0634. The summed E-state index contributed by atoms with van der Waals surface area (Å²) in [4.78, 5) is 13.0. The minimum Gasteiger partial charge on any atom is -0.543 e. The van der Waals surface area contributed by atoms with Gasteiger partial charge in [0.2, 0.25) is 18.3 Å². The van der Waals surface area contributed by atoms with E-state index in [1.54, 1.807) is 0 Å². The van der Waals surface area contributed by atoms with Gasteiger partial charge in [0.25, 0.3) is 0 Å². The molecule has 2 aromatic carbocycles. The molecule has 0 saturated heterocycles. The van der Waals surface area contributed by atoms with Crippen LogP contribution in [-0.4, -0.2) is 40.0 Å². The molecule has 7 nitrogen and oxygen atoms in total. The average Bonchev–Trinajstić information content (AvgIpc) is 3.12. The molecule has 0 heterocycles. The van der Waals surface area contributed by atoms with Crippen LogP contribution in [-0.2, 0) is 21.2 Å². The van der Waals surface area contributed by atoms with Gasteiger partial charge < -0.3 is 14.3 Å². The van der Waals surface area contributed by atoms with E-state index in [4.69, 9.17) is 14.3 Å². The SMILES string of the molecule is CC(C)(C)[Si](C)(C)Oc1ccc2c(c1)CCC1C2CC[C@@]2(C)C1C[C@@H](O)[C@@H]2OC(=O)c1ccc(S(N)(=O)=O)cc1. The molecule has 0 amide bonds. The second-order valence-corrected chi connectivity index (χ2v) is 20.2. The smallest absolute Gasteiger partial charge is 0.338 e. The lowest BCUT2D eigenvalue weighted by Crippen LogP contribution is -2.46. The van der Waals surface area contributed by atoms with E-state index in [1.165, 1.54) is 35.4 Å². The van der Waals surface area contributed by atoms with Crippen molar-refractivity contribution in [2.24, 2.45) is 22.4 Å². The number of carbonyl (C=O) groups excluding carboxylic acids is 1. The van der Waals surface area contributed by atoms with Crippen LogP contribution in [0.15, 0.2) is 47.4 Å². The molecule has 218 valence electrons. The summed E-state index contributed by atoms with van der Waals surface area (Å²) in [6.45, 7) is 13.5. The van der Waals surface area contributed by atoms with Crippen LogP contribution in [0.1, 0.15) is 80.8 Å². The van der Waals surface area contributed by atoms with Crippen molar-refractivity contribution in [3.63, 3.8) is 0 Å². The first-order chi connectivity index (χ1) is 18.5. The highest BCUT2D eigenvalue weighted by atomic mass is 32.2. The van der Waals surface area contributed by atoms with Gasteiger partial charge in [0.05, 0.1) is 16.6 Å². The monoisotopic (exact) mass is 585 g/mol. The standard InChI is InChI=1S/C31H43NO6SSi/c1-30(2,3)40(5,6)38-21-10-14-23-20(17-21)9-13-25-24(23)15-16-31(4)26(25)18-27(33)28(31)37-29(34)19-7-11-22(12-8-19)39(32,35)36/h7-8,10-12,14,17,24-28,33H,9,13,15-16,18H2,1-6H3,(H2,32,35,36)/t24?,25?,26?,27-,28+,31+/m1/s1. The third kappa shape index (κ3) is 5.14. The van der Waals surface area contributed by atoms with E-state index in [9.17, 15) is 18.3 Å². The molecular weight excluding hydrogens is 542 g/mol. The summed E-state index contributed by atoms with van der Waals surface area (Å²) in [5.41, 5.74) is 2.71. The lowest BCUT2D eigenvalue weighted by molar-refractivity contribution is -0.0676. The highest BCUT2D eigenvalue weighted by molar-refractivity contribution is 7.89. The second kappa shape index (κ2) is 9.96. The molecule has 2 fully saturated rings. The molecule has 0 spiro atoms. The summed E-state index contributed by atoms with van der Waals surface area (Å²) in [5.74, 6) is 1.52. The van der Waals surface area contributed by atoms with E-state index in [2.05, 4.69) is 59.0 Å². The molecule has 0 bridgehead atoms. The maximum atomic E-state index is 13.0. The molecule has 9 heteroatoms. The van der Waals surface area contributed by atoms with E-state index in [-0.39, 0.29) is 26.8 Å². The Kier molecular flexibility index (Phi) is 7.30. The normalized spacial score (nSPS) is 30.1. The molecule has 3 aliphatic carbocycles. The zero-order valence-corrected chi connectivity index (χ0v) is 26.3. The van der Waals surface area contributed by atoms with Crippen molar-refractivity contribution in [3.8, 4) is 5.75 Å². The van der Waals surface area contributed by atoms with Gasteiger partial charge in [-0.2, -0.15) is 0 Å². The summed E-state index contributed by atoms with van der Waals surface area (Å²) < 4.78 is 35.7. The van der Waals surface area contributed by atoms with Gasteiger partial charge >= 0.3 is 5.97 Å². The molecule has 0 radical (unpaired) electrons. The third-order valence-corrected chi connectivity index (χ3v) is 15.7. The second-order valence-electron chi connectivity index (χ2n) is 13.9. The molecule has 0 aliphatic heterocycles. The number of carbonyl (C=O) groups is 1. The van der Waals surface area contributed by atoms with Crippen LogP contribution in [0, 0.1) is 17.3 Å². The molecule has 3 aliphatic rings. The lowest BCUT2D eigenvalue weighted by atomic mass is 9.55. The number of ether oxygens (including phenoxy) is 1. The number of benzene rings is 2. The molecule has 40 heavy (non-hydrogen) atoms. The maximum Gasteiger partial charge on any atom is 0.338 e. The van der Waals surface area contributed by atoms with Crippen LogP contribution in [0.2, 0.25) is 18.1 Å². The Labute approximate surface area is 239 Å². The number of hydrogen-bond acceptors (Lipinski definition) is 6. The van der Waals surface area contributed by atoms with Crippen molar-refractivity contribution >= 4 is 24.3 Å². The number of fused-ring (bicyclic) bond motifs is 5. The Hall–Kier alpha value is -2.20. The summed E-state index contributed by atoms with van der Waals surface area (Å²) in [5, 5.41) is 16.5. The molecular formula is C31H43NO6SSi. The molecule has 6 atom stereocenters. The van der Waals surface area contributed by atoms with Gasteiger partial charge in [-0.15, -0.1) is 0 Å². The Morgan fingerprint density at radius 2 is 1.77 bits per heavy atom. The quantitative estimate of drug-likeness (QED) is 0.340. The fraction of sp³-hybridized carbons (Fsp3) is 0.581. The highest BCUT2D eigenvalue weighted by Gasteiger charge is 2.59. The first-order valence-corrected chi connectivity index (χ1v) is 18.8. The predicted octanol–water partition coefficient (Wildman–Crippen LogP) is 5.77. The Balaban J connectivity index is 1.32. The van der Waals surface area contributed by atoms with Crippen molar-refractivity contribution < 1.29 is 27.5 Å². The number of nitrogens with two attached hydrogens (primary N) is 1. The summed E-state index contributed by atoms with van der Waals surface area (Å²) >= 11 is 0. The largest absolute Gasteiger partial charge is 0.543 e. The van der Waals surface area contributed by atoms with Crippen LogP contribution >= 0.6 is 0 Å². The van der Waals surface area contributed by atoms with E-state index >= 15 is 0 Å². The Morgan fingerprint density at radius 1 is 1.10 bits per heavy atom. The van der Waals surface area contributed by atoms with Gasteiger partial charge in [0.1, 0.15) is 11.9 Å². The zero-order valence-electron chi connectivity index (χ0n) is 24.4.